The number of aromatic nitrogens is 3. The minimum atomic E-state index is -0.287. The zero-order valence-electron chi connectivity index (χ0n) is 14.9. The summed E-state index contributed by atoms with van der Waals surface area (Å²) in [6, 6.07) is 17.9. The van der Waals surface area contributed by atoms with Crippen LogP contribution in [-0.4, -0.2) is 25.7 Å². The Hall–Kier alpha value is -2.64. The molecule has 0 bridgehead atoms. The molecule has 1 atom stereocenters. The number of fused-ring (bicyclic) bond motifs is 1. The molecule has 4 aromatic rings. The number of para-hydroxylation sites is 2. The van der Waals surface area contributed by atoms with Crippen LogP contribution in [-0.2, 0) is 11.8 Å². The number of thioether (sulfide) groups is 1. The maximum absolute atomic E-state index is 12.6. The lowest BCUT2D eigenvalue weighted by molar-refractivity contribution is -0.115. The highest BCUT2D eigenvalue weighted by molar-refractivity contribution is 8.00. The van der Waals surface area contributed by atoms with Crippen molar-refractivity contribution in [2.24, 2.45) is 7.05 Å². The van der Waals surface area contributed by atoms with Crippen molar-refractivity contribution in [3.05, 3.63) is 60.0 Å². The standard InChI is InChI=1S/C20H18N4OS2/c1-13(27-20-22-15-10-6-7-11-17(15)24(20)2)18(25)23-19-21-16(12-26-19)14-8-4-3-5-9-14/h3-13H,1-2H3,(H,21,23,25)/t13-/m0/s1. The summed E-state index contributed by atoms with van der Waals surface area (Å²) in [5.74, 6) is -0.0824. The summed E-state index contributed by atoms with van der Waals surface area (Å²) in [6.45, 7) is 1.88. The summed E-state index contributed by atoms with van der Waals surface area (Å²) in [7, 11) is 1.97. The smallest absolute Gasteiger partial charge is 0.239 e. The lowest BCUT2D eigenvalue weighted by Crippen LogP contribution is -2.22. The number of carbonyl (C=O) groups excluding carboxylic acids is 1. The SMILES string of the molecule is C[C@H](Sc1nc2ccccc2n1C)C(=O)Nc1nc(-c2ccccc2)cs1. The van der Waals surface area contributed by atoms with Crippen molar-refractivity contribution in [2.75, 3.05) is 5.32 Å². The molecule has 1 N–H and O–H groups in total. The summed E-state index contributed by atoms with van der Waals surface area (Å²) < 4.78 is 2.01. The van der Waals surface area contributed by atoms with Gasteiger partial charge in [0, 0.05) is 18.0 Å². The first-order valence-electron chi connectivity index (χ1n) is 8.52. The summed E-state index contributed by atoms with van der Waals surface area (Å²) in [5, 5.41) is 6.01. The molecule has 0 aliphatic rings. The lowest BCUT2D eigenvalue weighted by Gasteiger charge is -2.10. The van der Waals surface area contributed by atoms with Crippen LogP contribution in [0.4, 0.5) is 5.13 Å². The molecule has 136 valence electrons. The van der Waals surface area contributed by atoms with E-state index in [-0.39, 0.29) is 11.2 Å². The maximum atomic E-state index is 12.6. The van der Waals surface area contributed by atoms with Gasteiger partial charge in [0.05, 0.1) is 22.0 Å². The Morgan fingerprint density at radius 1 is 1.11 bits per heavy atom. The predicted octanol–water partition coefficient (Wildman–Crippen LogP) is 4.82. The van der Waals surface area contributed by atoms with E-state index in [2.05, 4.69) is 15.3 Å². The van der Waals surface area contributed by atoms with Crippen LogP contribution in [0.15, 0.2) is 65.1 Å². The van der Waals surface area contributed by atoms with Crippen LogP contribution in [0.5, 0.6) is 0 Å². The number of hydrogen-bond donors (Lipinski definition) is 1. The number of anilines is 1. The molecular formula is C20H18N4OS2. The minimum absolute atomic E-state index is 0.0824. The summed E-state index contributed by atoms with van der Waals surface area (Å²) in [6.07, 6.45) is 0. The number of aryl methyl sites for hydroxylation is 1. The summed E-state index contributed by atoms with van der Waals surface area (Å²) in [5.41, 5.74) is 3.89. The second-order valence-electron chi connectivity index (χ2n) is 6.10. The average molecular weight is 395 g/mol. The van der Waals surface area contributed by atoms with Gasteiger partial charge < -0.3 is 9.88 Å². The minimum Gasteiger partial charge on any atom is -0.322 e. The fourth-order valence-electron chi connectivity index (χ4n) is 2.72. The van der Waals surface area contributed by atoms with E-state index < -0.39 is 0 Å². The zero-order valence-corrected chi connectivity index (χ0v) is 16.6. The Morgan fingerprint density at radius 3 is 2.63 bits per heavy atom. The third kappa shape index (κ3) is 3.74. The van der Waals surface area contributed by atoms with Crippen molar-refractivity contribution in [1.29, 1.82) is 0 Å². The zero-order chi connectivity index (χ0) is 18.8. The van der Waals surface area contributed by atoms with E-state index in [9.17, 15) is 4.79 Å². The van der Waals surface area contributed by atoms with E-state index in [1.54, 1.807) is 0 Å². The predicted molar refractivity (Wildman–Crippen MR) is 112 cm³/mol. The molecule has 0 radical (unpaired) electrons. The highest BCUT2D eigenvalue weighted by atomic mass is 32.2. The third-order valence-corrected chi connectivity index (χ3v) is 6.10. The monoisotopic (exact) mass is 394 g/mol. The molecule has 1 amide bonds. The molecule has 4 rings (SSSR count). The first-order valence-corrected chi connectivity index (χ1v) is 10.3. The normalized spacial score (nSPS) is 12.2. The molecule has 7 heteroatoms. The molecule has 0 unspecified atom stereocenters. The van der Waals surface area contributed by atoms with E-state index in [1.165, 1.54) is 23.1 Å². The number of imidazole rings is 1. The first-order chi connectivity index (χ1) is 13.1. The van der Waals surface area contributed by atoms with E-state index in [4.69, 9.17) is 0 Å². The van der Waals surface area contributed by atoms with Crippen molar-refractivity contribution in [3.63, 3.8) is 0 Å². The van der Waals surface area contributed by atoms with Gasteiger partial charge >= 0.3 is 0 Å². The van der Waals surface area contributed by atoms with Crippen LogP contribution in [0, 0.1) is 0 Å². The van der Waals surface area contributed by atoms with Crippen molar-refractivity contribution in [1.82, 2.24) is 14.5 Å². The number of hydrogen-bond acceptors (Lipinski definition) is 5. The van der Waals surface area contributed by atoms with Crippen LogP contribution in [0.3, 0.4) is 0 Å². The number of nitrogens with zero attached hydrogens (tertiary/aromatic N) is 3. The molecule has 0 aliphatic carbocycles. The van der Waals surface area contributed by atoms with Crippen LogP contribution in [0.1, 0.15) is 6.92 Å². The summed E-state index contributed by atoms with van der Waals surface area (Å²) in [4.78, 5) is 21.7. The van der Waals surface area contributed by atoms with Gasteiger partial charge in [-0.3, -0.25) is 4.79 Å². The number of amides is 1. The second-order valence-corrected chi connectivity index (χ2v) is 8.26. The van der Waals surface area contributed by atoms with Crippen molar-refractivity contribution >= 4 is 45.2 Å². The quantitative estimate of drug-likeness (QED) is 0.493. The lowest BCUT2D eigenvalue weighted by atomic mass is 10.2. The Morgan fingerprint density at radius 2 is 1.85 bits per heavy atom. The Bertz CT molecular complexity index is 1090. The summed E-state index contributed by atoms with van der Waals surface area (Å²) >= 11 is 2.87. The highest BCUT2D eigenvalue weighted by Crippen LogP contribution is 2.28. The van der Waals surface area contributed by atoms with Gasteiger partial charge in [-0.2, -0.15) is 0 Å². The average Bonchev–Trinajstić information content (AvgIpc) is 3.28. The van der Waals surface area contributed by atoms with E-state index in [1.807, 2.05) is 78.5 Å². The number of nitrogens with one attached hydrogen (secondary N) is 1. The van der Waals surface area contributed by atoms with Crippen LogP contribution < -0.4 is 5.32 Å². The molecule has 0 spiro atoms. The number of thiazole rings is 1. The van der Waals surface area contributed by atoms with Crippen LogP contribution >= 0.6 is 23.1 Å². The van der Waals surface area contributed by atoms with E-state index >= 15 is 0 Å². The fourth-order valence-corrected chi connectivity index (χ4v) is 4.33. The van der Waals surface area contributed by atoms with Gasteiger partial charge in [0.25, 0.3) is 0 Å². The van der Waals surface area contributed by atoms with E-state index in [0.29, 0.717) is 5.13 Å². The molecule has 0 aliphatic heterocycles. The molecule has 0 fully saturated rings. The van der Waals surface area contributed by atoms with Gasteiger partial charge in [-0.25, -0.2) is 9.97 Å². The topological polar surface area (TPSA) is 59.8 Å². The highest BCUT2D eigenvalue weighted by Gasteiger charge is 2.19. The molecule has 2 aromatic heterocycles. The molecule has 2 heterocycles. The van der Waals surface area contributed by atoms with Gasteiger partial charge in [-0.05, 0) is 19.1 Å². The molecule has 2 aromatic carbocycles. The van der Waals surface area contributed by atoms with Gasteiger partial charge in [-0.1, -0.05) is 54.2 Å². The number of rotatable bonds is 5. The van der Waals surface area contributed by atoms with Gasteiger partial charge in [0.1, 0.15) is 0 Å². The second kappa shape index (κ2) is 7.54. The first kappa shape index (κ1) is 17.8. The Kier molecular flexibility index (Phi) is 4.96. The third-order valence-electron chi connectivity index (χ3n) is 4.20. The fraction of sp³-hybridized carbons (Fsp3) is 0.150. The largest absolute Gasteiger partial charge is 0.322 e. The molecule has 0 saturated heterocycles. The van der Waals surface area contributed by atoms with Crippen molar-refractivity contribution in [3.8, 4) is 11.3 Å². The Balaban J connectivity index is 1.45. The van der Waals surface area contributed by atoms with Crippen molar-refractivity contribution < 1.29 is 4.79 Å². The molecule has 5 nitrogen and oxygen atoms in total. The van der Waals surface area contributed by atoms with Gasteiger partial charge in [0.15, 0.2) is 10.3 Å². The molecule has 0 saturated carbocycles. The van der Waals surface area contributed by atoms with Crippen molar-refractivity contribution in [2.45, 2.75) is 17.3 Å². The van der Waals surface area contributed by atoms with E-state index in [0.717, 1.165) is 27.4 Å². The molecular weight excluding hydrogens is 376 g/mol. The Labute approximate surface area is 165 Å². The van der Waals surface area contributed by atoms with Crippen LogP contribution in [0.25, 0.3) is 22.3 Å². The van der Waals surface area contributed by atoms with Gasteiger partial charge in [0.2, 0.25) is 5.91 Å². The van der Waals surface area contributed by atoms with Crippen LogP contribution in [0.2, 0.25) is 0 Å². The number of benzene rings is 2. The van der Waals surface area contributed by atoms with Gasteiger partial charge in [-0.15, -0.1) is 11.3 Å². The molecule has 27 heavy (non-hydrogen) atoms. The maximum Gasteiger partial charge on any atom is 0.239 e. The number of carbonyl (C=O) groups is 1.